The molecule has 1 saturated heterocycles. The van der Waals surface area contributed by atoms with Gasteiger partial charge in [0.05, 0.1) is 6.54 Å². The van der Waals surface area contributed by atoms with Gasteiger partial charge >= 0.3 is 0 Å². The highest BCUT2D eigenvalue weighted by Gasteiger charge is 2.25. The Labute approximate surface area is 110 Å². The van der Waals surface area contributed by atoms with Crippen molar-refractivity contribution in [3.05, 3.63) is 0 Å². The molecule has 0 spiro atoms. The number of nitrogens with one attached hydrogen (secondary N) is 2. The van der Waals surface area contributed by atoms with Crippen LogP contribution < -0.4 is 10.6 Å². The topological polar surface area (TPSA) is 47.6 Å². The van der Waals surface area contributed by atoms with Gasteiger partial charge in [-0.05, 0) is 39.4 Å². The number of nitrogens with zero attached hydrogens (tertiary/aromatic N) is 2. The van der Waals surface area contributed by atoms with Gasteiger partial charge in [0.25, 0.3) is 0 Å². The van der Waals surface area contributed by atoms with Gasteiger partial charge in [0.2, 0.25) is 5.91 Å². The molecule has 2 aliphatic rings. The second-order valence-corrected chi connectivity index (χ2v) is 5.44. The normalized spacial score (nSPS) is 21.9. The summed E-state index contributed by atoms with van der Waals surface area (Å²) >= 11 is 0. The van der Waals surface area contributed by atoms with Crippen molar-refractivity contribution in [1.29, 1.82) is 0 Å². The summed E-state index contributed by atoms with van der Waals surface area (Å²) in [6.07, 6.45) is 3.79. The quantitative estimate of drug-likeness (QED) is 0.670. The Hall–Kier alpha value is -0.650. The van der Waals surface area contributed by atoms with Crippen LogP contribution in [0, 0.1) is 0 Å². The van der Waals surface area contributed by atoms with E-state index in [1.54, 1.807) is 0 Å². The van der Waals surface area contributed by atoms with Gasteiger partial charge in [0.15, 0.2) is 0 Å². The number of hydrogen-bond donors (Lipinski definition) is 2. The van der Waals surface area contributed by atoms with Crippen LogP contribution in [0.3, 0.4) is 0 Å². The van der Waals surface area contributed by atoms with Crippen molar-refractivity contribution in [1.82, 2.24) is 20.4 Å². The van der Waals surface area contributed by atoms with E-state index in [4.69, 9.17) is 0 Å². The summed E-state index contributed by atoms with van der Waals surface area (Å²) in [5.41, 5.74) is 0. The lowest BCUT2D eigenvalue weighted by molar-refractivity contribution is -0.122. The maximum atomic E-state index is 11.8. The van der Waals surface area contributed by atoms with Crippen molar-refractivity contribution in [2.75, 3.05) is 52.9 Å². The Morgan fingerprint density at radius 3 is 3.00 bits per heavy atom. The Morgan fingerprint density at radius 2 is 2.22 bits per heavy atom. The largest absolute Gasteiger partial charge is 0.354 e. The average molecular weight is 254 g/mol. The van der Waals surface area contributed by atoms with Gasteiger partial charge in [-0.2, -0.15) is 0 Å². The molecule has 0 aromatic carbocycles. The molecule has 18 heavy (non-hydrogen) atoms. The summed E-state index contributed by atoms with van der Waals surface area (Å²) in [6, 6.07) is 0.776. The minimum Gasteiger partial charge on any atom is -0.354 e. The molecule has 0 aromatic heterocycles. The summed E-state index contributed by atoms with van der Waals surface area (Å²) < 4.78 is 0. The molecular weight excluding hydrogens is 228 g/mol. The number of likely N-dealkylation sites (N-methyl/N-ethyl adjacent to an activating group) is 1. The van der Waals surface area contributed by atoms with E-state index in [-0.39, 0.29) is 5.91 Å². The zero-order valence-electron chi connectivity index (χ0n) is 11.5. The fourth-order valence-electron chi connectivity index (χ4n) is 2.39. The molecule has 1 heterocycles. The van der Waals surface area contributed by atoms with Gasteiger partial charge < -0.3 is 15.5 Å². The molecule has 0 radical (unpaired) electrons. The van der Waals surface area contributed by atoms with Crippen LogP contribution in [0.1, 0.15) is 19.3 Å². The highest BCUT2D eigenvalue weighted by atomic mass is 16.2. The highest BCUT2D eigenvalue weighted by Crippen LogP contribution is 2.24. The minimum absolute atomic E-state index is 0.168. The van der Waals surface area contributed by atoms with Gasteiger partial charge in [-0.15, -0.1) is 0 Å². The molecule has 104 valence electrons. The maximum Gasteiger partial charge on any atom is 0.234 e. The van der Waals surface area contributed by atoms with Crippen molar-refractivity contribution in [3.63, 3.8) is 0 Å². The first kappa shape index (κ1) is 13.8. The van der Waals surface area contributed by atoms with Crippen LogP contribution in [0.25, 0.3) is 0 Å². The Bertz CT molecular complexity index is 260. The van der Waals surface area contributed by atoms with Crippen molar-refractivity contribution < 1.29 is 4.79 Å². The van der Waals surface area contributed by atoms with Crippen LogP contribution in [-0.4, -0.2) is 74.6 Å². The third kappa shape index (κ3) is 4.92. The van der Waals surface area contributed by atoms with Crippen LogP contribution in [0.2, 0.25) is 0 Å². The van der Waals surface area contributed by atoms with Crippen LogP contribution >= 0.6 is 0 Å². The van der Waals surface area contributed by atoms with Gasteiger partial charge in [0, 0.05) is 32.2 Å². The number of amides is 1. The van der Waals surface area contributed by atoms with Gasteiger partial charge in [0.1, 0.15) is 0 Å². The Balaban J connectivity index is 1.55. The van der Waals surface area contributed by atoms with Crippen molar-refractivity contribution >= 4 is 5.91 Å². The average Bonchev–Trinajstić information content (AvgIpc) is 3.16. The first-order valence-corrected chi connectivity index (χ1v) is 7.16. The fraction of sp³-hybridized carbons (Fsp3) is 0.923. The van der Waals surface area contributed by atoms with E-state index in [2.05, 4.69) is 27.5 Å². The number of carbonyl (C=O) groups is 1. The molecule has 0 unspecified atom stereocenters. The van der Waals surface area contributed by atoms with Crippen LogP contribution in [-0.2, 0) is 4.79 Å². The first-order valence-electron chi connectivity index (χ1n) is 7.16. The summed E-state index contributed by atoms with van der Waals surface area (Å²) in [4.78, 5) is 16.4. The van der Waals surface area contributed by atoms with E-state index < -0.39 is 0 Å². The molecule has 1 amide bonds. The van der Waals surface area contributed by atoms with E-state index >= 15 is 0 Å². The summed E-state index contributed by atoms with van der Waals surface area (Å²) in [5, 5.41) is 6.37. The van der Waals surface area contributed by atoms with Crippen molar-refractivity contribution in [3.8, 4) is 0 Å². The molecule has 0 bridgehead atoms. The standard InChI is InChI=1S/C13H26N4O/c1-16(12-3-4-12)9-7-15-13(18)11-17-8-2-5-14-6-10-17/h12,14H,2-11H2,1H3,(H,15,18). The lowest BCUT2D eigenvalue weighted by Crippen LogP contribution is -2.41. The summed E-state index contributed by atoms with van der Waals surface area (Å²) in [6.45, 7) is 6.38. The minimum atomic E-state index is 0.168. The lowest BCUT2D eigenvalue weighted by atomic mass is 10.4. The Kier molecular flexibility index (Phi) is 5.41. The lowest BCUT2D eigenvalue weighted by Gasteiger charge is -2.20. The summed E-state index contributed by atoms with van der Waals surface area (Å²) in [5.74, 6) is 0.168. The fourth-order valence-corrected chi connectivity index (χ4v) is 2.39. The maximum absolute atomic E-state index is 11.8. The third-order valence-electron chi connectivity index (χ3n) is 3.76. The molecule has 1 aliphatic heterocycles. The van der Waals surface area contributed by atoms with Gasteiger partial charge in [-0.1, -0.05) is 0 Å². The molecule has 0 atom stereocenters. The van der Waals surface area contributed by atoms with E-state index in [0.29, 0.717) is 6.54 Å². The first-order chi connectivity index (χ1) is 8.75. The third-order valence-corrected chi connectivity index (χ3v) is 3.76. The predicted molar refractivity (Wildman–Crippen MR) is 72.6 cm³/mol. The molecule has 5 nitrogen and oxygen atoms in total. The smallest absolute Gasteiger partial charge is 0.234 e. The van der Waals surface area contributed by atoms with E-state index in [1.165, 1.54) is 12.8 Å². The molecule has 2 rings (SSSR count). The summed E-state index contributed by atoms with van der Waals surface area (Å²) in [7, 11) is 2.14. The molecule has 2 N–H and O–H groups in total. The predicted octanol–water partition coefficient (Wildman–Crippen LogP) is -0.508. The van der Waals surface area contributed by atoms with E-state index in [9.17, 15) is 4.79 Å². The molecule has 5 heteroatoms. The zero-order valence-corrected chi connectivity index (χ0v) is 11.5. The number of carbonyl (C=O) groups excluding carboxylic acids is 1. The highest BCUT2D eigenvalue weighted by molar-refractivity contribution is 5.77. The molecule has 1 aliphatic carbocycles. The monoisotopic (exact) mass is 254 g/mol. The van der Waals surface area contributed by atoms with Crippen molar-refractivity contribution in [2.24, 2.45) is 0 Å². The number of rotatable bonds is 6. The van der Waals surface area contributed by atoms with Crippen LogP contribution in [0.5, 0.6) is 0 Å². The van der Waals surface area contributed by atoms with Crippen LogP contribution in [0.15, 0.2) is 0 Å². The van der Waals surface area contributed by atoms with E-state index in [0.717, 1.165) is 51.7 Å². The Morgan fingerprint density at radius 1 is 1.39 bits per heavy atom. The second-order valence-electron chi connectivity index (χ2n) is 5.44. The van der Waals surface area contributed by atoms with Gasteiger partial charge in [-0.3, -0.25) is 9.69 Å². The van der Waals surface area contributed by atoms with Crippen LogP contribution in [0.4, 0.5) is 0 Å². The zero-order chi connectivity index (χ0) is 12.8. The van der Waals surface area contributed by atoms with Gasteiger partial charge in [-0.25, -0.2) is 0 Å². The number of hydrogen-bond acceptors (Lipinski definition) is 4. The van der Waals surface area contributed by atoms with Crippen molar-refractivity contribution in [2.45, 2.75) is 25.3 Å². The molecule has 0 aromatic rings. The molecule has 1 saturated carbocycles. The second kappa shape index (κ2) is 7.07. The SMILES string of the molecule is CN(CCNC(=O)CN1CCCNCC1)C1CC1. The van der Waals surface area contributed by atoms with E-state index in [1.807, 2.05) is 0 Å². The molecule has 2 fully saturated rings. The molecular formula is C13H26N4O.